The second-order valence-electron chi connectivity index (χ2n) is 5.96. The van der Waals surface area contributed by atoms with E-state index in [1.165, 1.54) is 0 Å². The first kappa shape index (κ1) is 17.0. The van der Waals surface area contributed by atoms with Gasteiger partial charge in [0.1, 0.15) is 6.04 Å². The van der Waals surface area contributed by atoms with Gasteiger partial charge in [-0.1, -0.05) is 15.9 Å². The smallest absolute Gasteiger partial charge is 0.325 e. The Labute approximate surface area is 148 Å². The third-order valence-electron chi connectivity index (χ3n) is 4.52. The minimum Gasteiger partial charge on any atom is -0.480 e. The van der Waals surface area contributed by atoms with E-state index in [4.69, 9.17) is 5.26 Å². The zero-order chi connectivity index (χ0) is 17.1. The highest BCUT2D eigenvalue weighted by Crippen LogP contribution is 2.31. The van der Waals surface area contributed by atoms with Crippen LogP contribution in [0.25, 0.3) is 10.9 Å². The summed E-state index contributed by atoms with van der Waals surface area (Å²) in [6.45, 7) is 3.70. The third kappa shape index (κ3) is 3.46. The lowest BCUT2D eigenvalue weighted by Crippen LogP contribution is -2.49. The number of H-pyrrole nitrogens is 1. The van der Waals surface area contributed by atoms with Crippen LogP contribution >= 0.6 is 15.9 Å². The van der Waals surface area contributed by atoms with E-state index in [1.54, 1.807) is 6.20 Å². The lowest BCUT2D eigenvalue weighted by atomic mass is 10.0. The summed E-state index contributed by atoms with van der Waals surface area (Å²) in [4.78, 5) is 19.3. The number of nitriles is 1. The van der Waals surface area contributed by atoms with Crippen molar-refractivity contribution in [1.29, 1.82) is 5.26 Å². The van der Waals surface area contributed by atoms with Gasteiger partial charge >= 0.3 is 5.97 Å². The van der Waals surface area contributed by atoms with Crippen LogP contribution in [0.4, 0.5) is 0 Å². The lowest BCUT2D eigenvalue weighted by Gasteiger charge is -2.37. The number of carboxylic acid groups (broad SMARTS) is 1. The summed E-state index contributed by atoms with van der Waals surface area (Å²) in [7, 11) is 0. The highest BCUT2D eigenvalue weighted by Gasteiger charge is 2.32. The highest BCUT2D eigenvalue weighted by molar-refractivity contribution is 9.10. The van der Waals surface area contributed by atoms with Gasteiger partial charge in [-0.3, -0.25) is 14.6 Å². The molecule has 126 valence electrons. The van der Waals surface area contributed by atoms with Gasteiger partial charge in [-0.05, 0) is 18.2 Å². The van der Waals surface area contributed by atoms with Crippen LogP contribution in [0.2, 0.25) is 0 Å². The number of aliphatic carboxylic acids is 1. The van der Waals surface area contributed by atoms with E-state index in [9.17, 15) is 9.90 Å². The summed E-state index contributed by atoms with van der Waals surface area (Å²) < 4.78 is 0.932. The second kappa shape index (κ2) is 7.34. The van der Waals surface area contributed by atoms with Crippen molar-refractivity contribution in [2.24, 2.45) is 0 Å². The quantitative estimate of drug-likeness (QED) is 0.819. The fourth-order valence-corrected chi connectivity index (χ4v) is 3.64. The average Bonchev–Trinajstić information content (AvgIpc) is 2.97. The number of aromatic nitrogens is 1. The number of fused-ring (bicyclic) bond motifs is 1. The van der Waals surface area contributed by atoms with E-state index in [1.807, 2.05) is 23.1 Å². The van der Waals surface area contributed by atoms with Gasteiger partial charge in [-0.2, -0.15) is 5.26 Å². The Morgan fingerprint density at radius 3 is 2.79 bits per heavy atom. The molecule has 2 N–H and O–H groups in total. The number of nitrogens with zero attached hydrogens (tertiary/aromatic N) is 3. The summed E-state index contributed by atoms with van der Waals surface area (Å²) in [5, 5.41) is 19.4. The fraction of sp³-hybridized carbons (Fsp3) is 0.412. The van der Waals surface area contributed by atoms with Gasteiger partial charge in [0, 0.05) is 66.3 Å². The number of halogens is 1. The number of rotatable bonds is 5. The molecule has 24 heavy (non-hydrogen) atoms. The number of carboxylic acids is 1. The number of aromatic amines is 1. The Hall–Kier alpha value is -1.88. The SMILES string of the molecule is N#CCCN1CCN(C(C(=O)O)c2c[nH]c3ccc(Br)cc23)CC1. The molecule has 1 atom stereocenters. The minimum atomic E-state index is -0.832. The molecule has 1 unspecified atom stereocenters. The molecule has 6 nitrogen and oxygen atoms in total. The van der Waals surface area contributed by atoms with Gasteiger partial charge in [0.05, 0.1) is 6.07 Å². The maximum absolute atomic E-state index is 12.0. The molecule has 0 amide bonds. The van der Waals surface area contributed by atoms with Crippen molar-refractivity contribution in [3.05, 3.63) is 34.4 Å². The molecule has 0 aliphatic carbocycles. The molecule has 7 heteroatoms. The van der Waals surface area contributed by atoms with Gasteiger partial charge < -0.3 is 10.1 Å². The molecular weight excluding hydrogens is 372 g/mol. The predicted octanol–water partition coefficient (Wildman–Crippen LogP) is 2.59. The van der Waals surface area contributed by atoms with Gasteiger partial charge in [-0.25, -0.2) is 0 Å². The summed E-state index contributed by atoms with van der Waals surface area (Å²) in [5.41, 5.74) is 1.73. The topological polar surface area (TPSA) is 83.4 Å². The second-order valence-corrected chi connectivity index (χ2v) is 6.88. The monoisotopic (exact) mass is 390 g/mol. The van der Waals surface area contributed by atoms with Crippen LogP contribution in [0, 0.1) is 11.3 Å². The Kier molecular flexibility index (Phi) is 5.19. The van der Waals surface area contributed by atoms with Crippen LogP contribution in [0.1, 0.15) is 18.0 Å². The molecule has 2 heterocycles. The first-order valence-electron chi connectivity index (χ1n) is 7.93. The normalized spacial score (nSPS) is 17.7. The Balaban J connectivity index is 1.82. The van der Waals surface area contributed by atoms with E-state index in [0.717, 1.165) is 40.6 Å². The van der Waals surface area contributed by atoms with Crippen LogP contribution in [0.5, 0.6) is 0 Å². The zero-order valence-corrected chi connectivity index (χ0v) is 14.8. The predicted molar refractivity (Wildman–Crippen MR) is 94.6 cm³/mol. The molecule has 1 aliphatic heterocycles. The van der Waals surface area contributed by atoms with Crippen LogP contribution in [-0.2, 0) is 4.79 Å². The van der Waals surface area contributed by atoms with Crippen molar-refractivity contribution in [2.45, 2.75) is 12.5 Å². The molecule has 1 aromatic heterocycles. The summed E-state index contributed by atoms with van der Waals surface area (Å²) in [5.74, 6) is -0.832. The molecule has 2 aromatic rings. The zero-order valence-electron chi connectivity index (χ0n) is 13.2. The van der Waals surface area contributed by atoms with Crippen molar-refractivity contribution in [2.75, 3.05) is 32.7 Å². The summed E-state index contributed by atoms with van der Waals surface area (Å²) in [6, 6.07) is 7.34. The standard InChI is InChI=1S/C17H19BrN4O2/c18-12-2-3-15-13(10-12)14(11-20-15)16(17(23)24)22-8-6-21(7-9-22)5-1-4-19/h2-3,10-11,16,20H,1,5-9H2,(H,23,24). The molecular formula is C17H19BrN4O2. The molecule has 1 saturated heterocycles. The van der Waals surface area contributed by atoms with E-state index in [0.29, 0.717) is 19.5 Å². The lowest BCUT2D eigenvalue weighted by molar-refractivity contribution is -0.144. The number of hydrogen-bond acceptors (Lipinski definition) is 4. The molecule has 0 bridgehead atoms. The highest BCUT2D eigenvalue weighted by atomic mass is 79.9. The third-order valence-corrected chi connectivity index (χ3v) is 5.01. The van der Waals surface area contributed by atoms with Crippen molar-refractivity contribution in [1.82, 2.24) is 14.8 Å². The summed E-state index contributed by atoms with van der Waals surface area (Å²) in [6.07, 6.45) is 2.32. The van der Waals surface area contributed by atoms with Crippen molar-refractivity contribution >= 4 is 32.8 Å². The number of piperazine rings is 1. The van der Waals surface area contributed by atoms with E-state index >= 15 is 0 Å². The number of carbonyl (C=O) groups is 1. The van der Waals surface area contributed by atoms with E-state index in [-0.39, 0.29) is 0 Å². The van der Waals surface area contributed by atoms with E-state index < -0.39 is 12.0 Å². The van der Waals surface area contributed by atoms with E-state index in [2.05, 4.69) is 31.9 Å². The first-order chi connectivity index (χ1) is 11.6. The Morgan fingerprint density at radius 1 is 1.38 bits per heavy atom. The number of nitrogens with one attached hydrogen (secondary N) is 1. The molecule has 0 spiro atoms. The van der Waals surface area contributed by atoms with Crippen LogP contribution in [-0.4, -0.2) is 58.6 Å². The average molecular weight is 391 g/mol. The van der Waals surface area contributed by atoms with Gasteiger partial charge in [0.25, 0.3) is 0 Å². The van der Waals surface area contributed by atoms with Crippen molar-refractivity contribution in [3.63, 3.8) is 0 Å². The minimum absolute atomic E-state index is 0.513. The Morgan fingerprint density at radius 2 is 2.12 bits per heavy atom. The van der Waals surface area contributed by atoms with Gasteiger partial charge in [-0.15, -0.1) is 0 Å². The van der Waals surface area contributed by atoms with Crippen LogP contribution in [0.3, 0.4) is 0 Å². The Bertz CT molecular complexity index is 774. The molecule has 0 radical (unpaired) electrons. The largest absolute Gasteiger partial charge is 0.480 e. The number of hydrogen-bond donors (Lipinski definition) is 2. The van der Waals surface area contributed by atoms with Gasteiger partial charge in [0.15, 0.2) is 0 Å². The van der Waals surface area contributed by atoms with Crippen molar-refractivity contribution in [3.8, 4) is 6.07 Å². The first-order valence-corrected chi connectivity index (χ1v) is 8.72. The molecule has 3 rings (SSSR count). The molecule has 0 saturated carbocycles. The van der Waals surface area contributed by atoms with Crippen LogP contribution < -0.4 is 0 Å². The number of benzene rings is 1. The van der Waals surface area contributed by atoms with Gasteiger partial charge in [0.2, 0.25) is 0 Å². The molecule has 1 fully saturated rings. The van der Waals surface area contributed by atoms with Crippen LogP contribution in [0.15, 0.2) is 28.9 Å². The maximum Gasteiger partial charge on any atom is 0.325 e. The maximum atomic E-state index is 12.0. The molecule has 1 aliphatic rings. The summed E-state index contributed by atoms with van der Waals surface area (Å²) >= 11 is 3.46. The fourth-order valence-electron chi connectivity index (χ4n) is 3.28. The molecule has 1 aromatic carbocycles. The van der Waals surface area contributed by atoms with Crippen molar-refractivity contribution < 1.29 is 9.90 Å².